The van der Waals surface area contributed by atoms with Crippen LogP contribution in [0.4, 0.5) is 0 Å². The Morgan fingerprint density at radius 2 is 1.92 bits per heavy atom. The van der Waals surface area contributed by atoms with Crippen molar-refractivity contribution in [3.63, 3.8) is 0 Å². The fraction of sp³-hybridized carbons (Fsp3) is 0.438. The van der Waals surface area contributed by atoms with Crippen LogP contribution in [-0.2, 0) is 9.53 Å². The summed E-state index contributed by atoms with van der Waals surface area (Å²) in [6.07, 6.45) is -4.69. The second-order valence-electron chi connectivity index (χ2n) is 5.40. The van der Waals surface area contributed by atoms with Crippen LogP contribution in [0.1, 0.15) is 5.56 Å². The molecule has 1 saturated heterocycles. The first kappa shape index (κ1) is 19.2. The number of aliphatic hydroxyl groups excluding tert-OH is 4. The van der Waals surface area contributed by atoms with Crippen molar-refractivity contribution in [2.45, 2.75) is 30.7 Å². The highest BCUT2D eigenvalue weighted by Gasteiger charge is 2.44. The fourth-order valence-electron chi connectivity index (χ4n) is 2.34. The van der Waals surface area contributed by atoms with E-state index in [2.05, 4.69) is 0 Å². The Bertz CT molecular complexity index is 628. The van der Waals surface area contributed by atoms with Crippen LogP contribution in [0, 0.1) is 0 Å². The van der Waals surface area contributed by atoms with Gasteiger partial charge in [-0.3, -0.25) is 0 Å². The van der Waals surface area contributed by atoms with E-state index in [4.69, 9.17) is 19.3 Å². The molecule has 0 saturated carbocycles. The average molecular weight is 356 g/mol. The van der Waals surface area contributed by atoms with E-state index in [-0.39, 0.29) is 11.5 Å². The predicted octanol–water partition coefficient (Wildman–Crippen LogP) is -1.03. The Balaban J connectivity index is 2.19. The third kappa shape index (κ3) is 4.47. The van der Waals surface area contributed by atoms with Crippen molar-refractivity contribution in [2.24, 2.45) is 0 Å². The quantitative estimate of drug-likeness (QED) is 0.404. The normalized spacial score (nSPS) is 29.6. The summed E-state index contributed by atoms with van der Waals surface area (Å²) >= 11 is 0. The molecule has 9 heteroatoms. The summed E-state index contributed by atoms with van der Waals surface area (Å²) in [6.45, 7) is -0.569. The number of carbonyl (C=O) groups is 1. The molecule has 138 valence electrons. The Kier molecular flexibility index (Phi) is 6.34. The summed E-state index contributed by atoms with van der Waals surface area (Å²) in [5.74, 6) is -0.690. The number of hydrogen-bond acceptors (Lipinski definition) is 8. The van der Waals surface area contributed by atoms with Crippen molar-refractivity contribution < 1.29 is 44.5 Å². The third-order valence-corrected chi connectivity index (χ3v) is 3.70. The van der Waals surface area contributed by atoms with Crippen molar-refractivity contribution in [3.8, 4) is 11.5 Å². The lowest BCUT2D eigenvalue weighted by atomic mass is 9.99. The Labute approximate surface area is 143 Å². The van der Waals surface area contributed by atoms with Crippen LogP contribution >= 0.6 is 0 Å². The van der Waals surface area contributed by atoms with Crippen LogP contribution in [0.2, 0.25) is 0 Å². The number of aliphatic hydroxyl groups is 4. The molecule has 1 aliphatic heterocycles. The van der Waals surface area contributed by atoms with Gasteiger partial charge in [0.25, 0.3) is 0 Å². The van der Waals surface area contributed by atoms with Gasteiger partial charge in [0, 0.05) is 6.08 Å². The molecule has 1 heterocycles. The Morgan fingerprint density at radius 1 is 1.20 bits per heavy atom. The maximum Gasteiger partial charge on any atom is 0.328 e. The standard InChI is InChI=1S/C16H20O9/c1-23-10-6-8(3-5-12(18)19)2-4-9(10)24-16-15(22)14(21)13(20)11(7-17)25-16/h2-6,11,13-17,20-22H,7H2,1H3,(H,18,19)/t11-,13-,14+,15-,16?/m1/s1. The van der Waals surface area contributed by atoms with Gasteiger partial charge in [0.2, 0.25) is 6.29 Å². The molecule has 1 unspecified atom stereocenters. The first-order chi connectivity index (χ1) is 11.9. The van der Waals surface area contributed by atoms with E-state index in [0.29, 0.717) is 5.56 Å². The molecule has 0 spiro atoms. The minimum atomic E-state index is -1.56. The van der Waals surface area contributed by atoms with Crippen molar-refractivity contribution in [3.05, 3.63) is 29.8 Å². The molecule has 0 radical (unpaired) electrons. The van der Waals surface area contributed by atoms with Gasteiger partial charge in [-0.05, 0) is 23.8 Å². The molecule has 5 atom stereocenters. The smallest absolute Gasteiger partial charge is 0.328 e. The van der Waals surface area contributed by atoms with E-state index in [0.717, 1.165) is 6.08 Å². The van der Waals surface area contributed by atoms with Gasteiger partial charge in [-0.2, -0.15) is 0 Å². The molecule has 9 nitrogen and oxygen atoms in total. The van der Waals surface area contributed by atoms with Crippen molar-refractivity contribution in [1.29, 1.82) is 0 Å². The summed E-state index contributed by atoms with van der Waals surface area (Å²) in [6, 6.07) is 4.54. The zero-order valence-electron chi connectivity index (χ0n) is 13.3. The molecule has 0 aliphatic carbocycles. The van der Waals surface area contributed by atoms with Crippen LogP contribution in [-0.4, -0.2) is 75.9 Å². The van der Waals surface area contributed by atoms with Gasteiger partial charge in [0.05, 0.1) is 13.7 Å². The molecular weight excluding hydrogens is 336 g/mol. The van der Waals surface area contributed by atoms with Crippen molar-refractivity contribution in [2.75, 3.05) is 13.7 Å². The first-order valence-electron chi connectivity index (χ1n) is 7.43. The molecule has 1 aliphatic rings. The molecule has 1 fully saturated rings. The minimum Gasteiger partial charge on any atom is -0.493 e. The number of carboxylic acids is 1. The van der Waals surface area contributed by atoms with Crippen molar-refractivity contribution in [1.82, 2.24) is 0 Å². The lowest BCUT2D eigenvalue weighted by molar-refractivity contribution is -0.277. The van der Waals surface area contributed by atoms with Gasteiger partial charge >= 0.3 is 5.97 Å². The average Bonchev–Trinajstić information content (AvgIpc) is 2.60. The summed E-state index contributed by atoms with van der Waals surface area (Å²) in [7, 11) is 1.38. The Morgan fingerprint density at radius 3 is 2.52 bits per heavy atom. The minimum absolute atomic E-state index is 0.166. The third-order valence-electron chi connectivity index (χ3n) is 3.70. The number of rotatable bonds is 6. The number of carboxylic acid groups (broad SMARTS) is 1. The molecule has 2 rings (SSSR count). The van der Waals surface area contributed by atoms with Gasteiger partial charge in [-0.1, -0.05) is 6.07 Å². The number of hydrogen-bond donors (Lipinski definition) is 5. The number of benzene rings is 1. The predicted molar refractivity (Wildman–Crippen MR) is 84.1 cm³/mol. The molecule has 1 aromatic rings. The van der Waals surface area contributed by atoms with Gasteiger partial charge < -0.3 is 39.7 Å². The first-order valence-corrected chi connectivity index (χ1v) is 7.43. The molecule has 0 bridgehead atoms. The SMILES string of the molecule is COc1cc(C=CC(=O)O)ccc1OC1O[C@H](CO)[C@@H](O)[C@H](O)[C@H]1O. The highest BCUT2D eigenvalue weighted by atomic mass is 16.7. The second-order valence-corrected chi connectivity index (χ2v) is 5.40. The maximum absolute atomic E-state index is 10.6. The monoisotopic (exact) mass is 356 g/mol. The largest absolute Gasteiger partial charge is 0.493 e. The van der Waals surface area contributed by atoms with Crippen LogP contribution in [0.3, 0.4) is 0 Å². The van der Waals surface area contributed by atoms with E-state index >= 15 is 0 Å². The van der Waals surface area contributed by atoms with Crippen LogP contribution in [0.5, 0.6) is 11.5 Å². The molecule has 5 N–H and O–H groups in total. The van der Waals surface area contributed by atoms with E-state index in [9.17, 15) is 25.2 Å². The highest BCUT2D eigenvalue weighted by molar-refractivity contribution is 5.85. The number of ether oxygens (including phenoxy) is 3. The highest BCUT2D eigenvalue weighted by Crippen LogP contribution is 2.32. The summed E-state index contributed by atoms with van der Waals surface area (Å²) in [4.78, 5) is 10.6. The van der Waals surface area contributed by atoms with Gasteiger partial charge in [-0.15, -0.1) is 0 Å². The number of aliphatic carboxylic acids is 1. The van der Waals surface area contributed by atoms with Crippen molar-refractivity contribution >= 4 is 12.0 Å². The molecule has 0 amide bonds. The Hall–Kier alpha value is -2.17. The van der Waals surface area contributed by atoms with Crippen LogP contribution in [0.25, 0.3) is 6.08 Å². The lowest BCUT2D eigenvalue weighted by Gasteiger charge is -2.39. The van der Waals surface area contributed by atoms with E-state index in [1.807, 2.05) is 0 Å². The van der Waals surface area contributed by atoms with Crippen LogP contribution < -0.4 is 9.47 Å². The van der Waals surface area contributed by atoms with Crippen LogP contribution in [0.15, 0.2) is 24.3 Å². The topological polar surface area (TPSA) is 146 Å². The molecule has 0 aromatic heterocycles. The zero-order valence-corrected chi connectivity index (χ0v) is 13.3. The van der Waals surface area contributed by atoms with E-state index < -0.39 is 43.3 Å². The fourth-order valence-corrected chi connectivity index (χ4v) is 2.34. The van der Waals surface area contributed by atoms with Gasteiger partial charge in [-0.25, -0.2) is 4.79 Å². The zero-order chi connectivity index (χ0) is 18.6. The number of methoxy groups -OCH3 is 1. The van der Waals surface area contributed by atoms with E-state index in [1.54, 1.807) is 6.07 Å². The summed E-state index contributed by atoms with van der Waals surface area (Å²) < 4.78 is 15.9. The van der Waals surface area contributed by atoms with E-state index in [1.165, 1.54) is 25.3 Å². The molecule has 1 aromatic carbocycles. The maximum atomic E-state index is 10.6. The van der Waals surface area contributed by atoms with Gasteiger partial charge in [0.1, 0.15) is 24.4 Å². The second kappa shape index (κ2) is 8.28. The summed E-state index contributed by atoms with van der Waals surface area (Å²) in [5.41, 5.74) is 0.542. The van der Waals surface area contributed by atoms with Gasteiger partial charge in [0.15, 0.2) is 11.5 Å². The molecule has 25 heavy (non-hydrogen) atoms. The lowest BCUT2D eigenvalue weighted by Crippen LogP contribution is -2.60. The summed E-state index contributed by atoms with van der Waals surface area (Å²) in [5, 5.41) is 47.3. The molecular formula is C16H20O9.